The van der Waals surface area contributed by atoms with E-state index in [1.165, 1.54) is 0 Å². The molecule has 0 fully saturated rings. The van der Waals surface area contributed by atoms with Crippen LogP contribution in [0.2, 0.25) is 0 Å². The van der Waals surface area contributed by atoms with Gasteiger partial charge in [0.15, 0.2) is 0 Å². The largest absolute Gasteiger partial charge is 0.364 e. The lowest BCUT2D eigenvalue weighted by Crippen LogP contribution is -1.78. The van der Waals surface area contributed by atoms with Crippen LogP contribution in [0.5, 0.6) is 0 Å². The predicted molar refractivity (Wildman–Crippen MR) is 34.0 cm³/mol. The van der Waals surface area contributed by atoms with Gasteiger partial charge >= 0.3 is 0 Å². The molecule has 1 heterocycles. The number of halogens is 1. The van der Waals surface area contributed by atoms with Crippen LogP contribution in [0.15, 0.2) is 17.0 Å². The van der Waals surface area contributed by atoms with Gasteiger partial charge in [-0.3, -0.25) is 0 Å². The molecule has 0 bridgehead atoms. The molecule has 0 aliphatic carbocycles. The van der Waals surface area contributed by atoms with Crippen LogP contribution < -0.4 is 0 Å². The Kier molecular flexibility index (Phi) is 2.09. The summed E-state index contributed by atoms with van der Waals surface area (Å²) >= 11 is 3.30. The lowest BCUT2D eigenvalue weighted by molar-refractivity contribution is 0.419. The highest BCUT2D eigenvalue weighted by Crippen LogP contribution is 1.98. The zero-order valence-electron chi connectivity index (χ0n) is 4.30. The highest BCUT2D eigenvalue weighted by Gasteiger charge is 1.90. The van der Waals surface area contributed by atoms with Crippen LogP contribution in [0.25, 0.3) is 0 Å². The van der Waals surface area contributed by atoms with Gasteiger partial charge in [-0.05, 0) is 6.42 Å². The summed E-state index contributed by atoms with van der Waals surface area (Å²) in [6, 6.07) is 0. The molecule has 0 spiro atoms. The maximum absolute atomic E-state index is 4.60. The molecular formula is C5H6BrNO. The number of aromatic nitrogens is 1. The summed E-state index contributed by atoms with van der Waals surface area (Å²) in [6.07, 6.45) is 4.37. The quantitative estimate of drug-likeness (QED) is 0.639. The normalized spacial score (nSPS) is 9.62. The summed E-state index contributed by atoms with van der Waals surface area (Å²) < 4.78 is 4.60. The summed E-state index contributed by atoms with van der Waals surface area (Å²) in [5.41, 5.74) is 1.14. The summed E-state index contributed by atoms with van der Waals surface area (Å²) in [5, 5.41) is 4.51. The van der Waals surface area contributed by atoms with E-state index in [-0.39, 0.29) is 0 Å². The number of rotatable bonds is 2. The van der Waals surface area contributed by atoms with Gasteiger partial charge in [0.1, 0.15) is 6.26 Å². The first-order chi connectivity index (χ1) is 3.93. The smallest absolute Gasteiger partial charge is 0.127 e. The van der Waals surface area contributed by atoms with Crippen molar-refractivity contribution in [2.24, 2.45) is 0 Å². The van der Waals surface area contributed by atoms with Crippen molar-refractivity contribution in [1.82, 2.24) is 5.16 Å². The maximum Gasteiger partial charge on any atom is 0.127 e. The highest BCUT2D eigenvalue weighted by molar-refractivity contribution is 9.09. The summed E-state index contributed by atoms with van der Waals surface area (Å²) in [4.78, 5) is 0. The number of alkyl halides is 1. The molecule has 0 saturated carbocycles. The molecule has 0 aliphatic rings. The van der Waals surface area contributed by atoms with Gasteiger partial charge in [-0.25, -0.2) is 0 Å². The Hall–Kier alpha value is -0.310. The third-order valence-electron chi connectivity index (χ3n) is 0.867. The first-order valence-electron chi connectivity index (χ1n) is 2.37. The molecule has 0 atom stereocenters. The number of hydrogen-bond donors (Lipinski definition) is 0. The van der Waals surface area contributed by atoms with Crippen LogP contribution in [-0.4, -0.2) is 10.5 Å². The van der Waals surface area contributed by atoms with Crippen molar-refractivity contribution < 1.29 is 4.52 Å². The maximum atomic E-state index is 4.60. The zero-order chi connectivity index (χ0) is 5.82. The van der Waals surface area contributed by atoms with Gasteiger partial charge in [0, 0.05) is 10.9 Å². The highest BCUT2D eigenvalue weighted by atomic mass is 79.9. The Morgan fingerprint density at radius 2 is 2.62 bits per heavy atom. The number of hydrogen-bond acceptors (Lipinski definition) is 2. The van der Waals surface area contributed by atoms with E-state index in [1.807, 2.05) is 0 Å². The van der Waals surface area contributed by atoms with Crippen molar-refractivity contribution >= 4 is 15.9 Å². The van der Waals surface area contributed by atoms with Gasteiger partial charge in [0.25, 0.3) is 0 Å². The Balaban J connectivity index is 2.50. The SMILES string of the molecule is BrCCc1cnoc1. The molecule has 0 aromatic carbocycles. The molecule has 0 saturated heterocycles. The monoisotopic (exact) mass is 175 g/mol. The molecule has 0 aliphatic heterocycles. The Morgan fingerprint density at radius 3 is 3.12 bits per heavy atom. The second-order valence-corrected chi connectivity index (χ2v) is 2.26. The van der Waals surface area contributed by atoms with E-state index in [9.17, 15) is 0 Å². The van der Waals surface area contributed by atoms with E-state index in [1.54, 1.807) is 12.5 Å². The topological polar surface area (TPSA) is 26.0 Å². The zero-order valence-corrected chi connectivity index (χ0v) is 5.89. The van der Waals surface area contributed by atoms with E-state index in [0.29, 0.717) is 0 Å². The average Bonchev–Trinajstić information content (AvgIpc) is 2.19. The van der Waals surface area contributed by atoms with Gasteiger partial charge in [0.05, 0.1) is 6.20 Å². The van der Waals surface area contributed by atoms with Crippen LogP contribution >= 0.6 is 15.9 Å². The first kappa shape index (κ1) is 5.82. The predicted octanol–water partition coefficient (Wildman–Crippen LogP) is 1.61. The molecule has 0 N–H and O–H groups in total. The van der Waals surface area contributed by atoms with E-state index in [4.69, 9.17) is 0 Å². The first-order valence-corrected chi connectivity index (χ1v) is 3.50. The fraction of sp³-hybridized carbons (Fsp3) is 0.400. The fourth-order valence-corrected chi connectivity index (χ4v) is 0.917. The van der Waals surface area contributed by atoms with Crippen molar-refractivity contribution in [3.63, 3.8) is 0 Å². The molecular weight excluding hydrogens is 170 g/mol. The molecule has 0 unspecified atom stereocenters. The number of nitrogens with zero attached hydrogens (tertiary/aromatic N) is 1. The standard InChI is InChI=1S/C5H6BrNO/c6-2-1-5-3-7-8-4-5/h3-4H,1-2H2. The van der Waals surface area contributed by atoms with E-state index >= 15 is 0 Å². The van der Waals surface area contributed by atoms with Crippen LogP contribution in [0, 0.1) is 0 Å². The minimum absolute atomic E-state index is 0.966. The minimum atomic E-state index is 0.966. The Labute approximate surface area is 56.0 Å². The van der Waals surface area contributed by atoms with Crippen molar-refractivity contribution in [2.75, 3.05) is 5.33 Å². The van der Waals surface area contributed by atoms with Crippen LogP contribution in [0.1, 0.15) is 5.56 Å². The fourth-order valence-electron chi connectivity index (χ4n) is 0.459. The molecule has 3 heteroatoms. The molecule has 1 aromatic heterocycles. The molecule has 2 nitrogen and oxygen atoms in total. The Bertz CT molecular complexity index is 138. The van der Waals surface area contributed by atoms with Crippen molar-refractivity contribution in [3.05, 3.63) is 18.0 Å². The van der Waals surface area contributed by atoms with E-state index < -0.39 is 0 Å². The molecule has 0 radical (unpaired) electrons. The Morgan fingerprint density at radius 1 is 1.75 bits per heavy atom. The van der Waals surface area contributed by atoms with E-state index in [0.717, 1.165) is 17.3 Å². The lowest BCUT2D eigenvalue weighted by Gasteiger charge is -1.81. The summed E-state index contributed by atoms with van der Waals surface area (Å²) in [5.74, 6) is 0. The van der Waals surface area contributed by atoms with Gasteiger partial charge < -0.3 is 4.52 Å². The van der Waals surface area contributed by atoms with Gasteiger partial charge in [0.2, 0.25) is 0 Å². The average molecular weight is 176 g/mol. The second kappa shape index (κ2) is 2.87. The van der Waals surface area contributed by atoms with Gasteiger partial charge in [-0.15, -0.1) is 0 Å². The van der Waals surface area contributed by atoms with Gasteiger partial charge in [-0.1, -0.05) is 21.1 Å². The third-order valence-corrected chi connectivity index (χ3v) is 1.26. The van der Waals surface area contributed by atoms with Crippen LogP contribution in [0.3, 0.4) is 0 Å². The number of aryl methyl sites for hydroxylation is 1. The lowest BCUT2D eigenvalue weighted by atomic mass is 10.3. The van der Waals surface area contributed by atoms with Crippen molar-refractivity contribution in [1.29, 1.82) is 0 Å². The summed E-state index contributed by atoms with van der Waals surface area (Å²) in [7, 11) is 0. The van der Waals surface area contributed by atoms with Crippen LogP contribution in [-0.2, 0) is 6.42 Å². The van der Waals surface area contributed by atoms with Gasteiger partial charge in [-0.2, -0.15) is 0 Å². The van der Waals surface area contributed by atoms with E-state index in [2.05, 4.69) is 25.6 Å². The van der Waals surface area contributed by atoms with Crippen LogP contribution in [0.4, 0.5) is 0 Å². The van der Waals surface area contributed by atoms with Crippen molar-refractivity contribution in [3.8, 4) is 0 Å². The molecule has 1 aromatic rings. The second-order valence-electron chi connectivity index (χ2n) is 1.47. The molecule has 8 heavy (non-hydrogen) atoms. The van der Waals surface area contributed by atoms with Crippen molar-refractivity contribution in [2.45, 2.75) is 6.42 Å². The summed E-state index contributed by atoms with van der Waals surface area (Å²) in [6.45, 7) is 0. The third kappa shape index (κ3) is 1.33. The molecule has 1 rings (SSSR count). The minimum Gasteiger partial charge on any atom is -0.364 e. The molecule has 44 valence electrons. The molecule has 0 amide bonds.